The van der Waals surface area contributed by atoms with E-state index in [0.29, 0.717) is 28.0 Å². The molecule has 0 unspecified atom stereocenters. The maximum atomic E-state index is 12.1. The van der Waals surface area contributed by atoms with Crippen molar-refractivity contribution in [3.05, 3.63) is 58.7 Å². The zero-order chi connectivity index (χ0) is 15.7. The van der Waals surface area contributed by atoms with Gasteiger partial charge in [-0.25, -0.2) is 0 Å². The monoisotopic (exact) mass is 297 g/mol. The van der Waals surface area contributed by atoms with Gasteiger partial charge < -0.3 is 20.6 Å². The van der Waals surface area contributed by atoms with E-state index < -0.39 is 0 Å². The molecule has 1 heterocycles. The van der Waals surface area contributed by atoms with Gasteiger partial charge in [-0.05, 0) is 47.0 Å². The molecular formula is C17H15NO4. The van der Waals surface area contributed by atoms with Crippen LogP contribution >= 0.6 is 0 Å². The second-order valence-electron chi connectivity index (χ2n) is 5.09. The number of phenols is 1. The van der Waals surface area contributed by atoms with Crippen LogP contribution in [0.1, 0.15) is 22.3 Å². The molecule has 112 valence electrons. The van der Waals surface area contributed by atoms with Gasteiger partial charge in [-0.2, -0.15) is 0 Å². The van der Waals surface area contributed by atoms with E-state index in [4.69, 9.17) is 0 Å². The predicted octanol–water partition coefficient (Wildman–Crippen LogP) is 1.87. The molecule has 0 saturated heterocycles. The molecule has 1 aliphatic rings. The Balaban J connectivity index is 2.09. The van der Waals surface area contributed by atoms with Gasteiger partial charge in [0.15, 0.2) is 0 Å². The van der Waals surface area contributed by atoms with E-state index in [1.807, 2.05) is 0 Å². The topological polar surface area (TPSA) is 89.8 Å². The van der Waals surface area contributed by atoms with Gasteiger partial charge in [0.05, 0.1) is 13.2 Å². The quantitative estimate of drug-likeness (QED) is 0.651. The maximum absolute atomic E-state index is 12.1. The Morgan fingerprint density at radius 2 is 1.64 bits per heavy atom. The van der Waals surface area contributed by atoms with E-state index in [-0.39, 0.29) is 24.9 Å². The highest BCUT2D eigenvalue weighted by Gasteiger charge is 2.25. The van der Waals surface area contributed by atoms with Gasteiger partial charge in [0.25, 0.3) is 5.91 Å². The second-order valence-corrected chi connectivity index (χ2v) is 5.09. The number of carbonyl (C=O) groups is 1. The van der Waals surface area contributed by atoms with Crippen molar-refractivity contribution in [1.82, 2.24) is 0 Å². The predicted molar refractivity (Wildman–Crippen MR) is 82.9 cm³/mol. The van der Waals surface area contributed by atoms with E-state index >= 15 is 0 Å². The fourth-order valence-corrected chi connectivity index (χ4v) is 2.50. The van der Waals surface area contributed by atoms with Crippen LogP contribution in [-0.4, -0.2) is 21.2 Å². The first kappa shape index (κ1) is 14.3. The van der Waals surface area contributed by atoms with Gasteiger partial charge in [-0.1, -0.05) is 12.1 Å². The Kier molecular flexibility index (Phi) is 3.66. The lowest BCUT2D eigenvalue weighted by atomic mass is 9.98. The Hall–Kier alpha value is -2.63. The highest BCUT2D eigenvalue weighted by atomic mass is 16.3. The van der Waals surface area contributed by atoms with Crippen molar-refractivity contribution in [3.8, 4) is 5.75 Å². The van der Waals surface area contributed by atoms with Crippen molar-refractivity contribution in [3.63, 3.8) is 0 Å². The summed E-state index contributed by atoms with van der Waals surface area (Å²) >= 11 is 0. The van der Waals surface area contributed by atoms with Crippen LogP contribution in [0.15, 0.2) is 36.4 Å². The number of aliphatic hydroxyl groups is 2. The molecule has 2 aromatic carbocycles. The Morgan fingerprint density at radius 3 is 2.27 bits per heavy atom. The van der Waals surface area contributed by atoms with Crippen LogP contribution in [0.5, 0.6) is 5.75 Å². The summed E-state index contributed by atoms with van der Waals surface area (Å²) in [6.45, 7) is -0.403. The average Bonchev–Trinajstić information content (AvgIpc) is 2.83. The van der Waals surface area contributed by atoms with Gasteiger partial charge in [0.2, 0.25) is 0 Å². The number of rotatable bonds is 3. The molecule has 0 aromatic heterocycles. The van der Waals surface area contributed by atoms with Crippen LogP contribution in [0.4, 0.5) is 5.69 Å². The fraction of sp³-hybridized carbons (Fsp3) is 0.118. The van der Waals surface area contributed by atoms with Crippen molar-refractivity contribution in [1.29, 1.82) is 0 Å². The number of hydrogen-bond donors (Lipinski definition) is 4. The minimum atomic E-state index is -0.234. The SMILES string of the molecule is O=C1Nc2cc(CO)c(CO)cc2C1=Cc1ccc(O)cc1. The number of carbonyl (C=O) groups excluding carboxylic acids is 1. The first-order valence-electron chi connectivity index (χ1n) is 6.82. The summed E-state index contributed by atoms with van der Waals surface area (Å²) in [6, 6.07) is 9.91. The molecular weight excluding hydrogens is 282 g/mol. The molecule has 22 heavy (non-hydrogen) atoms. The Labute approximate surface area is 127 Å². The number of hydrogen-bond acceptors (Lipinski definition) is 4. The van der Waals surface area contributed by atoms with E-state index in [0.717, 1.165) is 5.56 Å². The van der Waals surface area contributed by atoms with Crippen molar-refractivity contribution < 1.29 is 20.1 Å². The lowest BCUT2D eigenvalue weighted by molar-refractivity contribution is -0.110. The zero-order valence-electron chi connectivity index (χ0n) is 11.7. The van der Waals surface area contributed by atoms with Crippen molar-refractivity contribution >= 4 is 23.2 Å². The van der Waals surface area contributed by atoms with E-state index in [1.165, 1.54) is 0 Å². The molecule has 5 heteroatoms. The minimum Gasteiger partial charge on any atom is -0.508 e. The van der Waals surface area contributed by atoms with Crippen LogP contribution in [0.2, 0.25) is 0 Å². The van der Waals surface area contributed by atoms with Gasteiger partial charge in [0, 0.05) is 16.8 Å². The van der Waals surface area contributed by atoms with Crippen molar-refractivity contribution in [2.24, 2.45) is 0 Å². The summed E-state index contributed by atoms with van der Waals surface area (Å²) in [5.41, 5.74) is 3.77. The Bertz CT molecular complexity index is 763. The highest BCUT2D eigenvalue weighted by Crippen LogP contribution is 2.35. The fourth-order valence-electron chi connectivity index (χ4n) is 2.50. The number of aromatic hydroxyl groups is 1. The van der Waals surface area contributed by atoms with Crippen molar-refractivity contribution in [2.45, 2.75) is 13.2 Å². The van der Waals surface area contributed by atoms with Crippen LogP contribution in [0.25, 0.3) is 11.6 Å². The Morgan fingerprint density at radius 1 is 1.00 bits per heavy atom. The number of amides is 1. The third-order valence-electron chi connectivity index (χ3n) is 3.67. The van der Waals surface area contributed by atoms with Crippen LogP contribution in [0, 0.1) is 0 Å². The molecule has 0 spiro atoms. The zero-order valence-corrected chi connectivity index (χ0v) is 11.7. The van der Waals surface area contributed by atoms with Crippen LogP contribution < -0.4 is 5.32 Å². The van der Waals surface area contributed by atoms with Gasteiger partial charge >= 0.3 is 0 Å². The standard InChI is InChI=1S/C17H15NO4/c19-8-11-6-14-15(5-10-1-3-13(21)4-2-10)17(22)18-16(14)7-12(11)9-20/h1-7,19-21H,8-9H2,(H,18,22). The van der Waals surface area contributed by atoms with Gasteiger partial charge in [-0.3, -0.25) is 4.79 Å². The third-order valence-corrected chi connectivity index (χ3v) is 3.67. The van der Waals surface area contributed by atoms with E-state index in [1.54, 1.807) is 42.5 Å². The molecule has 1 aliphatic heterocycles. The molecule has 0 atom stereocenters. The molecule has 0 radical (unpaired) electrons. The molecule has 2 aromatic rings. The molecule has 0 aliphatic carbocycles. The van der Waals surface area contributed by atoms with Crippen LogP contribution in [-0.2, 0) is 18.0 Å². The minimum absolute atomic E-state index is 0.161. The van der Waals surface area contributed by atoms with Gasteiger partial charge in [0.1, 0.15) is 5.75 Å². The summed E-state index contributed by atoms with van der Waals surface area (Å²) in [5.74, 6) is -0.0735. The molecule has 4 N–H and O–H groups in total. The molecule has 0 fully saturated rings. The number of benzene rings is 2. The third kappa shape index (κ3) is 2.47. The second kappa shape index (κ2) is 5.63. The van der Waals surface area contributed by atoms with Crippen molar-refractivity contribution in [2.75, 3.05) is 5.32 Å². The summed E-state index contributed by atoms with van der Waals surface area (Å²) < 4.78 is 0. The normalized spacial score (nSPS) is 15.0. The summed E-state index contributed by atoms with van der Waals surface area (Å²) in [4.78, 5) is 12.1. The molecule has 0 bridgehead atoms. The number of anilines is 1. The highest BCUT2D eigenvalue weighted by molar-refractivity contribution is 6.35. The summed E-state index contributed by atoms with van der Waals surface area (Å²) in [6.07, 6.45) is 1.72. The largest absolute Gasteiger partial charge is 0.508 e. The lowest BCUT2D eigenvalue weighted by Crippen LogP contribution is -2.03. The molecule has 3 rings (SSSR count). The van der Waals surface area contributed by atoms with E-state index in [9.17, 15) is 20.1 Å². The number of nitrogens with one attached hydrogen (secondary N) is 1. The summed E-state index contributed by atoms with van der Waals surface area (Å²) in [5, 5.41) is 30.8. The van der Waals surface area contributed by atoms with Gasteiger partial charge in [-0.15, -0.1) is 0 Å². The first-order valence-corrected chi connectivity index (χ1v) is 6.82. The van der Waals surface area contributed by atoms with E-state index in [2.05, 4.69) is 5.32 Å². The van der Waals surface area contributed by atoms with Crippen LogP contribution in [0.3, 0.4) is 0 Å². The molecule has 1 amide bonds. The molecule has 0 saturated carbocycles. The average molecular weight is 297 g/mol. The maximum Gasteiger partial charge on any atom is 0.256 e. The first-order chi connectivity index (χ1) is 10.6. The number of phenolic OH excluding ortho intramolecular Hbond substituents is 1. The number of fused-ring (bicyclic) bond motifs is 1. The summed E-state index contributed by atoms with van der Waals surface area (Å²) in [7, 11) is 0. The smallest absolute Gasteiger partial charge is 0.256 e. The number of aliphatic hydroxyl groups excluding tert-OH is 2. The lowest BCUT2D eigenvalue weighted by Gasteiger charge is -2.08. The molecule has 5 nitrogen and oxygen atoms in total.